The molecule has 0 spiro atoms. The summed E-state index contributed by atoms with van der Waals surface area (Å²) in [4.78, 5) is 10.9. The predicted octanol–water partition coefficient (Wildman–Crippen LogP) is 1.88. The summed E-state index contributed by atoms with van der Waals surface area (Å²) >= 11 is 0. The molecule has 0 aromatic carbocycles. The molecule has 0 fully saturated rings. The zero-order valence-electron chi connectivity index (χ0n) is 7.71. The summed E-state index contributed by atoms with van der Waals surface area (Å²) in [5.74, 6) is -0.330. The van der Waals surface area contributed by atoms with Crippen LogP contribution in [-0.4, -0.2) is 18.7 Å². The summed E-state index contributed by atoms with van der Waals surface area (Å²) in [6.45, 7) is 7.24. The number of ether oxygens (including phenoxy) is 2. The van der Waals surface area contributed by atoms with E-state index in [1.54, 1.807) is 0 Å². The van der Waals surface area contributed by atoms with Crippen LogP contribution in [0.5, 0.6) is 0 Å². The van der Waals surface area contributed by atoms with Crippen molar-refractivity contribution in [3.63, 3.8) is 0 Å². The fraction of sp³-hybridized carbons (Fsp3) is 0.667. The van der Waals surface area contributed by atoms with E-state index in [0.717, 1.165) is 12.8 Å². The van der Waals surface area contributed by atoms with Gasteiger partial charge in [0.15, 0.2) is 6.61 Å². The summed E-state index contributed by atoms with van der Waals surface area (Å²) in [5.41, 5.74) is 0. The molecule has 0 saturated carbocycles. The van der Waals surface area contributed by atoms with Crippen LogP contribution in [0.15, 0.2) is 12.8 Å². The molecule has 0 amide bonds. The Morgan fingerprint density at radius 1 is 1.50 bits per heavy atom. The molecule has 0 N–H and O–H groups in total. The van der Waals surface area contributed by atoms with Gasteiger partial charge in [-0.3, -0.25) is 0 Å². The SMILES string of the molecule is C=COCC(=O)OC(CC)CC. The molecular formula is C9H16O3. The quantitative estimate of drug-likeness (QED) is 0.453. The maximum Gasteiger partial charge on any atom is 0.344 e. The van der Waals surface area contributed by atoms with Crippen LogP contribution >= 0.6 is 0 Å². The zero-order valence-corrected chi connectivity index (χ0v) is 7.71. The van der Waals surface area contributed by atoms with Gasteiger partial charge in [0.25, 0.3) is 0 Å². The molecule has 0 heterocycles. The van der Waals surface area contributed by atoms with Gasteiger partial charge in [0, 0.05) is 0 Å². The molecule has 0 saturated heterocycles. The third-order valence-electron chi connectivity index (χ3n) is 1.53. The van der Waals surface area contributed by atoms with Crippen LogP contribution in [0.4, 0.5) is 0 Å². The smallest absolute Gasteiger partial charge is 0.344 e. The molecule has 0 aromatic heterocycles. The fourth-order valence-corrected chi connectivity index (χ4v) is 0.802. The van der Waals surface area contributed by atoms with E-state index in [9.17, 15) is 4.79 Å². The van der Waals surface area contributed by atoms with E-state index in [-0.39, 0.29) is 18.7 Å². The fourth-order valence-electron chi connectivity index (χ4n) is 0.802. The van der Waals surface area contributed by atoms with Gasteiger partial charge in [0.1, 0.15) is 6.10 Å². The van der Waals surface area contributed by atoms with Crippen LogP contribution in [0, 0.1) is 0 Å². The van der Waals surface area contributed by atoms with Crippen LogP contribution < -0.4 is 0 Å². The Morgan fingerprint density at radius 3 is 2.50 bits per heavy atom. The normalized spacial score (nSPS) is 9.58. The molecule has 3 heteroatoms. The van der Waals surface area contributed by atoms with Crippen molar-refractivity contribution in [3.8, 4) is 0 Å². The van der Waals surface area contributed by atoms with Crippen LogP contribution in [0.25, 0.3) is 0 Å². The topological polar surface area (TPSA) is 35.5 Å². The molecule has 12 heavy (non-hydrogen) atoms. The number of rotatable bonds is 6. The van der Waals surface area contributed by atoms with E-state index >= 15 is 0 Å². The Morgan fingerprint density at radius 2 is 2.08 bits per heavy atom. The summed E-state index contributed by atoms with van der Waals surface area (Å²) < 4.78 is 9.71. The maximum absolute atomic E-state index is 10.9. The first-order valence-electron chi connectivity index (χ1n) is 4.16. The highest BCUT2D eigenvalue weighted by atomic mass is 16.6. The van der Waals surface area contributed by atoms with Crippen molar-refractivity contribution in [1.82, 2.24) is 0 Å². The lowest BCUT2D eigenvalue weighted by Crippen LogP contribution is -2.19. The van der Waals surface area contributed by atoms with E-state index < -0.39 is 0 Å². The lowest BCUT2D eigenvalue weighted by atomic mass is 10.2. The average molecular weight is 172 g/mol. The molecule has 70 valence electrons. The number of carbonyl (C=O) groups excluding carboxylic acids is 1. The van der Waals surface area contributed by atoms with E-state index in [1.165, 1.54) is 6.26 Å². The highest BCUT2D eigenvalue weighted by Crippen LogP contribution is 2.02. The average Bonchev–Trinajstić information content (AvgIpc) is 2.10. The first-order chi connectivity index (χ1) is 5.74. The molecule has 0 aromatic rings. The van der Waals surface area contributed by atoms with Crippen LogP contribution in [0.1, 0.15) is 26.7 Å². The Labute approximate surface area is 73.4 Å². The third kappa shape index (κ3) is 4.77. The van der Waals surface area contributed by atoms with Crippen molar-refractivity contribution in [3.05, 3.63) is 12.8 Å². The lowest BCUT2D eigenvalue weighted by molar-refractivity contribution is -0.152. The van der Waals surface area contributed by atoms with Crippen molar-refractivity contribution in [2.24, 2.45) is 0 Å². The number of carbonyl (C=O) groups is 1. The van der Waals surface area contributed by atoms with Crippen molar-refractivity contribution in [2.75, 3.05) is 6.61 Å². The minimum Gasteiger partial charge on any atom is -0.490 e. The number of hydrogen-bond donors (Lipinski definition) is 0. The Balaban J connectivity index is 3.58. The van der Waals surface area contributed by atoms with E-state index in [0.29, 0.717) is 0 Å². The first kappa shape index (κ1) is 11.0. The molecule has 0 aliphatic carbocycles. The number of hydrogen-bond acceptors (Lipinski definition) is 3. The van der Waals surface area contributed by atoms with Crippen LogP contribution in [0.2, 0.25) is 0 Å². The van der Waals surface area contributed by atoms with Gasteiger partial charge in [-0.15, -0.1) is 0 Å². The van der Waals surface area contributed by atoms with E-state index in [2.05, 4.69) is 11.3 Å². The van der Waals surface area contributed by atoms with Gasteiger partial charge in [0.05, 0.1) is 6.26 Å². The van der Waals surface area contributed by atoms with E-state index in [4.69, 9.17) is 4.74 Å². The van der Waals surface area contributed by atoms with Gasteiger partial charge >= 0.3 is 5.97 Å². The minimum absolute atomic E-state index is 0.0194. The van der Waals surface area contributed by atoms with Crippen molar-refractivity contribution in [1.29, 1.82) is 0 Å². The third-order valence-corrected chi connectivity index (χ3v) is 1.53. The summed E-state index contributed by atoms with van der Waals surface area (Å²) in [5, 5.41) is 0. The lowest BCUT2D eigenvalue weighted by Gasteiger charge is -2.13. The Kier molecular flexibility index (Phi) is 6.15. The largest absolute Gasteiger partial charge is 0.490 e. The van der Waals surface area contributed by atoms with Crippen molar-refractivity contribution < 1.29 is 14.3 Å². The highest BCUT2D eigenvalue weighted by molar-refractivity contribution is 5.70. The second-order valence-corrected chi connectivity index (χ2v) is 2.41. The molecular weight excluding hydrogens is 156 g/mol. The van der Waals surface area contributed by atoms with Gasteiger partial charge in [-0.25, -0.2) is 4.79 Å². The molecule has 0 radical (unpaired) electrons. The Hall–Kier alpha value is -0.990. The summed E-state index contributed by atoms with van der Waals surface area (Å²) in [6.07, 6.45) is 2.94. The molecule has 0 unspecified atom stereocenters. The van der Waals surface area contributed by atoms with Gasteiger partial charge in [0.2, 0.25) is 0 Å². The van der Waals surface area contributed by atoms with Gasteiger partial charge in [-0.2, -0.15) is 0 Å². The minimum atomic E-state index is -0.330. The molecule has 0 bridgehead atoms. The van der Waals surface area contributed by atoms with Gasteiger partial charge in [-0.1, -0.05) is 20.4 Å². The molecule has 0 rings (SSSR count). The van der Waals surface area contributed by atoms with E-state index in [1.807, 2.05) is 13.8 Å². The predicted molar refractivity (Wildman–Crippen MR) is 46.6 cm³/mol. The first-order valence-corrected chi connectivity index (χ1v) is 4.16. The monoisotopic (exact) mass is 172 g/mol. The van der Waals surface area contributed by atoms with Gasteiger partial charge in [-0.05, 0) is 12.8 Å². The van der Waals surface area contributed by atoms with Crippen LogP contribution in [0.3, 0.4) is 0 Å². The summed E-state index contributed by atoms with van der Waals surface area (Å²) in [6, 6.07) is 0. The van der Waals surface area contributed by atoms with Crippen molar-refractivity contribution in [2.45, 2.75) is 32.8 Å². The van der Waals surface area contributed by atoms with Gasteiger partial charge < -0.3 is 9.47 Å². The molecule has 3 nitrogen and oxygen atoms in total. The van der Waals surface area contributed by atoms with Crippen LogP contribution in [-0.2, 0) is 14.3 Å². The second kappa shape index (κ2) is 6.70. The summed E-state index contributed by atoms with van der Waals surface area (Å²) in [7, 11) is 0. The van der Waals surface area contributed by atoms with Crippen molar-refractivity contribution >= 4 is 5.97 Å². The second-order valence-electron chi connectivity index (χ2n) is 2.41. The molecule has 0 atom stereocenters. The molecule has 0 aliphatic rings. The Bertz CT molecular complexity index is 139. The highest BCUT2D eigenvalue weighted by Gasteiger charge is 2.09. The standard InChI is InChI=1S/C9H16O3/c1-4-8(5-2)12-9(10)7-11-6-3/h6,8H,3-5,7H2,1-2H3. The molecule has 0 aliphatic heterocycles. The maximum atomic E-state index is 10.9. The number of esters is 1. The zero-order chi connectivity index (χ0) is 9.40.